The minimum Gasteiger partial charge on any atom is -0.394 e. The average molecular weight is 467 g/mol. The van der Waals surface area contributed by atoms with Crippen LogP contribution in [0.25, 0.3) is 0 Å². The first-order chi connectivity index (χ1) is 15.9. The number of carbonyl (C=O) groups excluding carboxylic acids is 2. The van der Waals surface area contributed by atoms with Crippen LogP contribution in [0.1, 0.15) is 41.7 Å². The Bertz CT molecular complexity index is 1150. The van der Waals surface area contributed by atoms with Crippen molar-refractivity contribution >= 4 is 34.8 Å². The summed E-state index contributed by atoms with van der Waals surface area (Å²) in [5.41, 5.74) is 2.43. The molecule has 1 aliphatic heterocycles. The van der Waals surface area contributed by atoms with E-state index in [9.17, 15) is 19.1 Å². The molecule has 0 aliphatic carbocycles. The first-order valence-electron chi connectivity index (χ1n) is 10.8. The zero-order valence-corrected chi connectivity index (χ0v) is 18.9. The molecule has 4 rings (SSSR count). The summed E-state index contributed by atoms with van der Waals surface area (Å²) in [6, 6.07) is 18.8. The van der Waals surface area contributed by atoms with E-state index < -0.39 is 11.9 Å². The number of aliphatic hydroxyl groups excluding tert-OH is 1. The maximum Gasteiger partial charge on any atom is 0.258 e. The third-order valence-electron chi connectivity index (χ3n) is 5.92. The van der Waals surface area contributed by atoms with E-state index in [1.165, 1.54) is 24.3 Å². The van der Waals surface area contributed by atoms with Gasteiger partial charge in [-0.25, -0.2) is 4.39 Å². The average Bonchev–Trinajstić information content (AvgIpc) is 2.84. The smallest absolute Gasteiger partial charge is 0.258 e. The van der Waals surface area contributed by atoms with Crippen LogP contribution in [0.5, 0.6) is 0 Å². The maximum atomic E-state index is 13.4. The van der Waals surface area contributed by atoms with Gasteiger partial charge in [0.25, 0.3) is 5.91 Å². The van der Waals surface area contributed by atoms with Gasteiger partial charge in [-0.3, -0.25) is 9.59 Å². The molecule has 3 aromatic rings. The summed E-state index contributed by atoms with van der Waals surface area (Å²) >= 11 is 6.06. The number of hydrogen-bond donors (Lipinski definition) is 1. The summed E-state index contributed by atoms with van der Waals surface area (Å²) in [6.07, 6.45) is 0.637. The third kappa shape index (κ3) is 4.49. The normalized spacial score (nSPS) is 17.4. The van der Waals surface area contributed by atoms with Gasteiger partial charge in [-0.15, -0.1) is 0 Å². The van der Waals surface area contributed by atoms with Gasteiger partial charge in [-0.05, 0) is 66.6 Å². The van der Waals surface area contributed by atoms with Crippen molar-refractivity contribution in [1.82, 2.24) is 0 Å². The summed E-state index contributed by atoms with van der Waals surface area (Å²) in [4.78, 5) is 29.8. The molecule has 0 saturated carbocycles. The molecule has 170 valence electrons. The Hall–Kier alpha value is -3.22. The lowest BCUT2D eigenvalue weighted by molar-refractivity contribution is -0.118. The van der Waals surface area contributed by atoms with E-state index in [-0.39, 0.29) is 24.5 Å². The summed E-state index contributed by atoms with van der Waals surface area (Å²) in [6.45, 7) is 1.51. The second kappa shape index (κ2) is 9.73. The lowest BCUT2D eigenvalue weighted by atomic mass is 9.88. The number of anilines is 2. The predicted molar refractivity (Wildman–Crippen MR) is 127 cm³/mol. The van der Waals surface area contributed by atoms with Gasteiger partial charge >= 0.3 is 0 Å². The van der Waals surface area contributed by atoms with Crippen LogP contribution in [0.15, 0.2) is 72.8 Å². The van der Waals surface area contributed by atoms with Gasteiger partial charge in [-0.1, -0.05) is 36.7 Å². The number of aliphatic hydroxyl groups is 1. The van der Waals surface area contributed by atoms with E-state index in [1.54, 1.807) is 41.0 Å². The molecular weight excluding hydrogens is 443 g/mol. The Labute approximate surface area is 197 Å². The van der Waals surface area contributed by atoms with Crippen LogP contribution >= 0.6 is 11.6 Å². The molecule has 2 amide bonds. The molecule has 3 aromatic carbocycles. The Balaban J connectivity index is 1.81. The number of amides is 2. The number of rotatable bonds is 5. The zero-order valence-electron chi connectivity index (χ0n) is 18.1. The van der Waals surface area contributed by atoms with Gasteiger partial charge in [-0.2, -0.15) is 0 Å². The maximum absolute atomic E-state index is 13.4. The van der Waals surface area contributed by atoms with E-state index in [0.29, 0.717) is 34.8 Å². The molecule has 0 unspecified atom stereocenters. The van der Waals surface area contributed by atoms with Crippen molar-refractivity contribution in [3.63, 3.8) is 0 Å². The molecule has 0 aromatic heterocycles. The Kier molecular flexibility index (Phi) is 6.77. The molecule has 5 nitrogen and oxygen atoms in total. The van der Waals surface area contributed by atoms with Crippen molar-refractivity contribution in [1.29, 1.82) is 0 Å². The molecule has 1 heterocycles. The molecule has 0 radical (unpaired) electrons. The fourth-order valence-corrected chi connectivity index (χ4v) is 4.48. The SMILES string of the molecule is CCC(=O)N(c1ccc(Cl)cc1)[C@H]1C[C@@H](CO)N(C(=O)c2ccc(F)cc2)c2ccccc21. The summed E-state index contributed by atoms with van der Waals surface area (Å²) in [7, 11) is 0. The quantitative estimate of drug-likeness (QED) is 0.549. The highest BCUT2D eigenvalue weighted by molar-refractivity contribution is 6.30. The van der Waals surface area contributed by atoms with Crippen LogP contribution in [0.4, 0.5) is 15.8 Å². The fourth-order valence-electron chi connectivity index (χ4n) is 4.35. The van der Waals surface area contributed by atoms with E-state index in [4.69, 9.17) is 11.6 Å². The molecule has 0 bridgehead atoms. The molecule has 0 spiro atoms. The van der Waals surface area contributed by atoms with E-state index in [1.807, 2.05) is 24.3 Å². The summed E-state index contributed by atoms with van der Waals surface area (Å²) < 4.78 is 13.4. The van der Waals surface area contributed by atoms with Gasteiger partial charge < -0.3 is 14.9 Å². The van der Waals surface area contributed by atoms with Crippen LogP contribution in [-0.4, -0.2) is 29.6 Å². The predicted octanol–water partition coefficient (Wildman–Crippen LogP) is 5.37. The second-order valence-corrected chi connectivity index (χ2v) is 8.36. The lowest BCUT2D eigenvalue weighted by Gasteiger charge is -2.44. The minimum absolute atomic E-state index is 0.0767. The van der Waals surface area contributed by atoms with Crippen LogP contribution in [0, 0.1) is 5.82 Å². The number of fused-ring (bicyclic) bond motifs is 1. The summed E-state index contributed by atoms with van der Waals surface area (Å²) in [5, 5.41) is 10.8. The first-order valence-corrected chi connectivity index (χ1v) is 11.2. The number of carbonyl (C=O) groups is 2. The number of para-hydroxylation sites is 1. The molecule has 0 fully saturated rings. The number of benzene rings is 3. The monoisotopic (exact) mass is 466 g/mol. The number of hydrogen-bond acceptors (Lipinski definition) is 3. The van der Waals surface area contributed by atoms with Crippen molar-refractivity contribution in [3.8, 4) is 0 Å². The van der Waals surface area contributed by atoms with Gasteiger partial charge in [0.15, 0.2) is 0 Å². The van der Waals surface area contributed by atoms with Gasteiger partial charge in [0.05, 0.1) is 18.7 Å². The first kappa shape index (κ1) is 23.0. The zero-order chi connectivity index (χ0) is 23.5. The van der Waals surface area contributed by atoms with Gasteiger partial charge in [0.1, 0.15) is 5.82 Å². The summed E-state index contributed by atoms with van der Waals surface area (Å²) in [5.74, 6) is -0.840. The van der Waals surface area contributed by atoms with Crippen LogP contribution in [-0.2, 0) is 4.79 Å². The highest BCUT2D eigenvalue weighted by Crippen LogP contribution is 2.43. The Morgan fingerprint density at radius 2 is 1.73 bits per heavy atom. The van der Waals surface area contributed by atoms with Crippen molar-refractivity contribution in [2.45, 2.75) is 31.8 Å². The number of nitrogens with zero attached hydrogens (tertiary/aromatic N) is 2. The van der Waals surface area contributed by atoms with Crippen molar-refractivity contribution in [3.05, 3.63) is 94.8 Å². The Morgan fingerprint density at radius 3 is 2.36 bits per heavy atom. The number of halogens is 2. The molecule has 1 N–H and O–H groups in total. The van der Waals surface area contributed by atoms with Gasteiger partial charge in [0, 0.05) is 28.4 Å². The second-order valence-electron chi connectivity index (χ2n) is 7.92. The van der Waals surface area contributed by atoms with Gasteiger partial charge in [0.2, 0.25) is 5.91 Å². The third-order valence-corrected chi connectivity index (χ3v) is 6.18. The minimum atomic E-state index is -0.568. The van der Waals surface area contributed by atoms with Crippen molar-refractivity contribution in [2.75, 3.05) is 16.4 Å². The topological polar surface area (TPSA) is 60.9 Å². The molecule has 2 atom stereocenters. The van der Waals surface area contributed by atoms with Crippen molar-refractivity contribution < 1.29 is 19.1 Å². The van der Waals surface area contributed by atoms with E-state index in [0.717, 1.165) is 5.56 Å². The van der Waals surface area contributed by atoms with Crippen LogP contribution < -0.4 is 9.80 Å². The highest BCUT2D eigenvalue weighted by atomic mass is 35.5. The van der Waals surface area contributed by atoms with E-state index >= 15 is 0 Å². The van der Waals surface area contributed by atoms with Crippen LogP contribution in [0.3, 0.4) is 0 Å². The Morgan fingerprint density at radius 1 is 1.06 bits per heavy atom. The van der Waals surface area contributed by atoms with Crippen LogP contribution in [0.2, 0.25) is 5.02 Å². The standard InChI is InChI=1S/C26H24ClFN2O3/c1-2-25(32)29(20-13-9-18(27)10-14-20)24-15-21(16-31)30(23-6-4-3-5-22(23)24)26(33)17-7-11-19(28)12-8-17/h3-14,21,24,31H,2,15-16H2,1H3/t21-,24-/m0/s1. The molecule has 0 saturated heterocycles. The highest BCUT2D eigenvalue weighted by Gasteiger charge is 2.40. The molecule has 33 heavy (non-hydrogen) atoms. The molecule has 7 heteroatoms. The fraction of sp³-hybridized carbons (Fsp3) is 0.231. The van der Waals surface area contributed by atoms with Crippen molar-refractivity contribution in [2.24, 2.45) is 0 Å². The largest absolute Gasteiger partial charge is 0.394 e. The molecule has 1 aliphatic rings. The van der Waals surface area contributed by atoms with E-state index in [2.05, 4.69) is 0 Å². The molecular formula is C26H24ClFN2O3. The lowest BCUT2D eigenvalue weighted by Crippen LogP contribution is -2.50.